The number of nitrogens with one attached hydrogen (secondary N) is 3. The second-order valence-electron chi connectivity index (χ2n) is 12.0. The number of carbonyl (C=O) groups excluding carboxylic acids is 2. The van der Waals surface area contributed by atoms with Gasteiger partial charge in [0.05, 0.1) is 24.9 Å². The van der Waals surface area contributed by atoms with Gasteiger partial charge in [-0.15, -0.1) is 0 Å². The average molecular weight is 597 g/mol. The van der Waals surface area contributed by atoms with Crippen LogP contribution in [-0.2, 0) is 11.2 Å². The van der Waals surface area contributed by atoms with E-state index in [0.717, 1.165) is 28.8 Å². The fourth-order valence-electron chi connectivity index (χ4n) is 5.26. The highest BCUT2D eigenvalue weighted by Gasteiger charge is 2.35. The van der Waals surface area contributed by atoms with Crippen molar-refractivity contribution in [2.75, 3.05) is 36.9 Å². The molecule has 44 heavy (non-hydrogen) atoms. The van der Waals surface area contributed by atoms with Gasteiger partial charge in [-0.3, -0.25) is 9.48 Å². The lowest BCUT2D eigenvalue weighted by molar-refractivity contribution is -0.000391. The van der Waals surface area contributed by atoms with Crippen molar-refractivity contribution >= 4 is 29.5 Å². The summed E-state index contributed by atoms with van der Waals surface area (Å²) in [5.74, 6) is 0.813. The molecule has 1 saturated heterocycles. The zero-order valence-electron chi connectivity index (χ0n) is 24.9. The van der Waals surface area contributed by atoms with Crippen LogP contribution in [0.3, 0.4) is 0 Å². The maximum absolute atomic E-state index is 12.4. The van der Waals surface area contributed by atoms with Crippen LogP contribution in [0, 0.1) is 0 Å². The van der Waals surface area contributed by atoms with E-state index in [2.05, 4.69) is 26.0 Å². The number of amides is 2. The Bertz CT molecular complexity index is 1660. The summed E-state index contributed by atoms with van der Waals surface area (Å²) in [4.78, 5) is 35.6. The number of ether oxygens (including phenoxy) is 1. The first-order valence-electron chi connectivity index (χ1n) is 14.7. The molecule has 2 aromatic heterocycles. The molecule has 4 heterocycles. The molecule has 2 amide bonds. The Balaban J connectivity index is 1.25. The molecule has 228 valence electrons. The molecule has 2 aliphatic rings. The van der Waals surface area contributed by atoms with E-state index in [-0.39, 0.29) is 24.6 Å². The number of fused-ring (bicyclic) bond motifs is 1. The molecule has 1 fully saturated rings. The van der Waals surface area contributed by atoms with Gasteiger partial charge in [0.25, 0.3) is 5.91 Å². The predicted molar refractivity (Wildman–Crippen MR) is 166 cm³/mol. The molecule has 0 radical (unpaired) electrons. The largest absolute Gasteiger partial charge is 0.444 e. The van der Waals surface area contributed by atoms with Crippen molar-refractivity contribution in [3.05, 3.63) is 83.8 Å². The van der Waals surface area contributed by atoms with Crippen molar-refractivity contribution in [3.8, 4) is 11.1 Å². The van der Waals surface area contributed by atoms with Crippen LogP contribution in [0.4, 0.5) is 22.2 Å². The van der Waals surface area contributed by atoms with Crippen LogP contribution in [0.5, 0.6) is 0 Å². The van der Waals surface area contributed by atoms with Crippen LogP contribution in [-0.4, -0.2) is 73.6 Å². The summed E-state index contributed by atoms with van der Waals surface area (Å²) >= 11 is 0. The topological polar surface area (TPSA) is 147 Å². The van der Waals surface area contributed by atoms with E-state index < -0.39 is 11.6 Å². The minimum absolute atomic E-state index is 0.0233. The van der Waals surface area contributed by atoms with Crippen molar-refractivity contribution in [3.63, 3.8) is 0 Å². The molecule has 0 spiro atoms. The molecule has 2 aromatic carbocycles. The van der Waals surface area contributed by atoms with Crippen molar-refractivity contribution in [2.24, 2.45) is 0 Å². The molecule has 2 aliphatic heterocycles. The van der Waals surface area contributed by atoms with Crippen LogP contribution in [0.25, 0.3) is 11.1 Å². The van der Waals surface area contributed by atoms with Gasteiger partial charge >= 0.3 is 6.09 Å². The van der Waals surface area contributed by atoms with Crippen molar-refractivity contribution in [1.82, 2.24) is 30.0 Å². The molecule has 1 atom stereocenters. The minimum atomic E-state index is -0.548. The third-order valence-electron chi connectivity index (χ3n) is 7.57. The highest BCUT2D eigenvalue weighted by Crippen LogP contribution is 2.32. The number of rotatable bonds is 8. The number of carbonyl (C=O) groups is 2. The van der Waals surface area contributed by atoms with Gasteiger partial charge in [-0.2, -0.15) is 10.1 Å². The summed E-state index contributed by atoms with van der Waals surface area (Å²) in [5.41, 5.74) is 4.27. The van der Waals surface area contributed by atoms with Crippen LogP contribution < -0.4 is 16.0 Å². The first-order chi connectivity index (χ1) is 21.2. The van der Waals surface area contributed by atoms with E-state index in [1.54, 1.807) is 23.4 Å². The van der Waals surface area contributed by atoms with Gasteiger partial charge in [-0.05, 0) is 56.5 Å². The van der Waals surface area contributed by atoms with Gasteiger partial charge in [-0.1, -0.05) is 30.3 Å². The van der Waals surface area contributed by atoms with Crippen LogP contribution in [0.2, 0.25) is 0 Å². The van der Waals surface area contributed by atoms with Gasteiger partial charge in [0.15, 0.2) is 0 Å². The van der Waals surface area contributed by atoms with Gasteiger partial charge in [0.1, 0.15) is 11.4 Å². The zero-order valence-corrected chi connectivity index (χ0v) is 24.9. The number of aromatic nitrogens is 4. The van der Waals surface area contributed by atoms with E-state index in [0.29, 0.717) is 42.5 Å². The maximum Gasteiger partial charge on any atom is 0.410 e. The third kappa shape index (κ3) is 6.35. The van der Waals surface area contributed by atoms with Crippen molar-refractivity contribution in [1.29, 1.82) is 0 Å². The summed E-state index contributed by atoms with van der Waals surface area (Å²) in [6.07, 6.45) is 5.80. The van der Waals surface area contributed by atoms with E-state index in [9.17, 15) is 14.7 Å². The molecule has 0 bridgehead atoms. The van der Waals surface area contributed by atoms with E-state index >= 15 is 0 Å². The Hall–Kier alpha value is -4.97. The van der Waals surface area contributed by atoms with Crippen LogP contribution in [0.15, 0.2) is 67.1 Å². The highest BCUT2D eigenvalue weighted by molar-refractivity contribution is 5.97. The molecule has 12 heteroatoms. The van der Waals surface area contributed by atoms with Gasteiger partial charge < -0.3 is 30.7 Å². The monoisotopic (exact) mass is 596 g/mol. The van der Waals surface area contributed by atoms with Gasteiger partial charge in [0.2, 0.25) is 5.95 Å². The third-order valence-corrected chi connectivity index (χ3v) is 7.57. The highest BCUT2D eigenvalue weighted by atomic mass is 16.6. The first-order valence-corrected chi connectivity index (χ1v) is 14.7. The Labute approximate surface area is 255 Å². The summed E-state index contributed by atoms with van der Waals surface area (Å²) in [7, 11) is 0. The molecular weight excluding hydrogens is 560 g/mol. The fourth-order valence-corrected chi connectivity index (χ4v) is 5.26. The number of benzene rings is 2. The molecule has 0 aliphatic carbocycles. The number of aliphatic hydroxyl groups is 1. The SMILES string of the molecule is CC(C)(C)OC(=O)N1CC(n2cc(-c3cnc(Nc4ccc5c(c4)CCNC5=O)nc3N[C@H](CO)c3ccccc3)cn2)C1. The molecule has 4 aromatic rings. The first kappa shape index (κ1) is 29.1. The maximum atomic E-state index is 12.4. The molecule has 12 nitrogen and oxygen atoms in total. The van der Waals surface area contributed by atoms with Crippen molar-refractivity contribution < 1.29 is 19.4 Å². The predicted octanol–water partition coefficient (Wildman–Crippen LogP) is 4.31. The number of hydrogen-bond acceptors (Lipinski definition) is 9. The van der Waals surface area contributed by atoms with E-state index in [1.807, 2.05) is 74.1 Å². The summed E-state index contributed by atoms with van der Waals surface area (Å²) in [6.45, 7) is 7.01. The van der Waals surface area contributed by atoms with Gasteiger partial charge in [0, 0.05) is 54.4 Å². The molecule has 6 rings (SSSR count). The second kappa shape index (κ2) is 12.0. The van der Waals surface area contributed by atoms with E-state index in [4.69, 9.17) is 9.72 Å². The van der Waals surface area contributed by atoms with E-state index in [1.165, 1.54) is 0 Å². The minimum Gasteiger partial charge on any atom is -0.444 e. The number of likely N-dealkylation sites (tertiary alicyclic amines) is 1. The Morgan fingerprint density at radius 1 is 1.14 bits per heavy atom. The average Bonchev–Trinajstić information content (AvgIpc) is 3.44. The summed E-state index contributed by atoms with van der Waals surface area (Å²) in [6, 6.07) is 14.9. The van der Waals surface area contributed by atoms with Crippen LogP contribution in [0.1, 0.15) is 54.3 Å². The molecular formula is C32H36N8O4. The number of nitrogens with zero attached hydrogens (tertiary/aromatic N) is 5. The lowest BCUT2D eigenvalue weighted by Crippen LogP contribution is -2.52. The smallest absolute Gasteiger partial charge is 0.410 e. The standard InChI is InChI=1S/C32H36N8O4/c1-32(2,3)44-31(43)39-17-24(18-39)40-16-22(14-35-40)26-15-34-30(36-23-9-10-25-21(13-23)11-12-33-29(25)42)38-28(26)37-27(19-41)20-7-5-4-6-8-20/h4-10,13-16,24,27,41H,11-12,17-19H2,1-3H3,(H,33,42)(H2,34,36,37,38)/t27-/m1/s1. The number of aliphatic hydroxyl groups excluding tert-OH is 1. The van der Waals surface area contributed by atoms with Crippen LogP contribution >= 0.6 is 0 Å². The second-order valence-corrected chi connectivity index (χ2v) is 12.0. The Morgan fingerprint density at radius 3 is 2.68 bits per heavy atom. The lowest BCUT2D eigenvalue weighted by Gasteiger charge is -2.39. The Kier molecular flexibility index (Phi) is 7.92. The fraction of sp³-hybridized carbons (Fsp3) is 0.344. The molecule has 0 saturated carbocycles. The summed E-state index contributed by atoms with van der Waals surface area (Å²) in [5, 5.41) is 24.4. The normalized spacial score (nSPS) is 15.5. The quantitative estimate of drug-likeness (QED) is 0.234. The number of anilines is 3. The Morgan fingerprint density at radius 2 is 1.93 bits per heavy atom. The molecule has 0 unspecified atom stereocenters. The zero-order chi connectivity index (χ0) is 30.8. The van der Waals surface area contributed by atoms with Gasteiger partial charge in [-0.25, -0.2) is 9.78 Å². The summed E-state index contributed by atoms with van der Waals surface area (Å²) < 4.78 is 7.32. The molecule has 4 N–H and O–H groups in total. The van der Waals surface area contributed by atoms with Crippen molar-refractivity contribution in [2.45, 2.75) is 44.9 Å². The number of hydrogen-bond donors (Lipinski definition) is 4. The lowest BCUT2D eigenvalue weighted by atomic mass is 10.00.